The van der Waals surface area contributed by atoms with Crippen LogP contribution in [0.25, 0.3) is 10.2 Å². The molecule has 0 aliphatic carbocycles. The van der Waals surface area contributed by atoms with E-state index in [4.69, 9.17) is 4.74 Å². The van der Waals surface area contributed by atoms with Gasteiger partial charge < -0.3 is 20.1 Å². The van der Waals surface area contributed by atoms with Gasteiger partial charge in [-0.3, -0.25) is 0 Å². The molecule has 2 N–H and O–H groups in total. The van der Waals surface area contributed by atoms with Crippen LogP contribution in [0.3, 0.4) is 0 Å². The van der Waals surface area contributed by atoms with Crippen LogP contribution in [-0.4, -0.2) is 44.4 Å². The van der Waals surface area contributed by atoms with Gasteiger partial charge in [-0.25, -0.2) is 19.2 Å². The quantitative estimate of drug-likeness (QED) is 0.0876. The van der Waals surface area contributed by atoms with E-state index in [1.807, 2.05) is 48.2 Å². The number of anilines is 4. The van der Waals surface area contributed by atoms with Crippen molar-refractivity contribution in [3.05, 3.63) is 76.0 Å². The Kier molecular flexibility index (Phi) is 12.1. The Morgan fingerprint density at radius 2 is 1.77 bits per heavy atom. The van der Waals surface area contributed by atoms with Crippen LogP contribution >= 0.6 is 22.7 Å². The molecular weight excluding hydrogens is 636 g/mol. The van der Waals surface area contributed by atoms with Crippen molar-refractivity contribution in [2.75, 3.05) is 23.4 Å². The molecule has 3 aromatic heterocycles. The van der Waals surface area contributed by atoms with Crippen LogP contribution in [0.2, 0.25) is 0 Å². The van der Waals surface area contributed by atoms with Gasteiger partial charge >= 0.3 is 5.97 Å². The normalized spacial score (nSPS) is 11.2. The SMILES string of the molecule is CCCCCc1ccc(OCCCc2sc(N(CCCCC)c3cc(C)c(Nc4nc5ccccc5s4)nn3)nc2C(=O)O)c(F)c1. The molecule has 12 heteroatoms. The highest BCUT2D eigenvalue weighted by Crippen LogP contribution is 2.34. The first kappa shape index (κ1) is 34.2. The van der Waals surface area contributed by atoms with E-state index in [-0.39, 0.29) is 23.9 Å². The minimum absolute atomic E-state index is 0.0203. The fourth-order valence-corrected chi connectivity index (χ4v) is 7.18. The number of unbranched alkanes of at least 4 members (excludes halogenated alkanes) is 4. The van der Waals surface area contributed by atoms with E-state index in [1.54, 1.807) is 23.5 Å². The van der Waals surface area contributed by atoms with Gasteiger partial charge in [0.05, 0.1) is 16.8 Å². The Balaban J connectivity index is 1.28. The van der Waals surface area contributed by atoms with E-state index in [0.717, 1.165) is 71.4 Å². The molecule has 5 rings (SSSR count). The summed E-state index contributed by atoms with van der Waals surface area (Å²) in [5, 5.41) is 23.6. The number of ether oxygens (including phenoxy) is 1. The molecule has 47 heavy (non-hydrogen) atoms. The molecule has 0 amide bonds. The first-order valence-electron chi connectivity index (χ1n) is 16.2. The van der Waals surface area contributed by atoms with Crippen LogP contribution in [0.15, 0.2) is 48.5 Å². The van der Waals surface area contributed by atoms with Crippen LogP contribution < -0.4 is 15.0 Å². The van der Waals surface area contributed by atoms with Crippen LogP contribution in [0.1, 0.15) is 85.3 Å². The van der Waals surface area contributed by atoms with Crippen LogP contribution in [-0.2, 0) is 12.8 Å². The Labute approximate surface area is 282 Å². The molecule has 0 atom stereocenters. The van der Waals surface area contributed by atoms with Gasteiger partial charge in [-0.1, -0.05) is 69.1 Å². The molecule has 0 fully saturated rings. The highest BCUT2D eigenvalue weighted by molar-refractivity contribution is 7.22. The minimum Gasteiger partial charge on any atom is -0.491 e. The molecule has 0 aliphatic rings. The van der Waals surface area contributed by atoms with E-state index < -0.39 is 5.97 Å². The summed E-state index contributed by atoms with van der Waals surface area (Å²) in [7, 11) is 0. The van der Waals surface area contributed by atoms with Gasteiger partial charge in [-0.15, -0.1) is 21.5 Å². The van der Waals surface area contributed by atoms with Gasteiger partial charge in [-0.05, 0) is 80.5 Å². The topological polar surface area (TPSA) is 113 Å². The molecular formula is C35H41FN6O3S2. The molecule has 0 aliphatic heterocycles. The first-order chi connectivity index (χ1) is 22.9. The van der Waals surface area contributed by atoms with E-state index in [1.165, 1.54) is 11.3 Å². The second kappa shape index (κ2) is 16.6. The Hall–Kier alpha value is -4.16. The lowest BCUT2D eigenvalue weighted by Crippen LogP contribution is -2.20. The molecule has 0 saturated carbocycles. The van der Waals surface area contributed by atoms with Crippen LogP contribution in [0, 0.1) is 12.7 Å². The standard InChI is InChI=1S/C35H41FN6O3S2/c1-4-6-8-13-24-17-18-27(25(36)22-24)45-20-12-16-29-31(33(43)44)38-35(47-29)42(19-11-7-5-2)30-21-23(3)32(41-40-30)39-34-37-26-14-9-10-15-28(26)46-34/h9-10,14-15,17-18,21-22H,4-8,11-13,16,19-20H2,1-3H3,(H,43,44)(H,37,39,41). The number of halogens is 1. The average molecular weight is 677 g/mol. The summed E-state index contributed by atoms with van der Waals surface area (Å²) in [4.78, 5) is 24.0. The largest absolute Gasteiger partial charge is 0.491 e. The number of hydrogen-bond acceptors (Lipinski definition) is 10. The van der Waals surface area contributed by atoms with Crippen molar-refractivity contribution < 1.29 is 19.0 Å². The maximum atomic E-state index is 14.6. The molecule has 9 nitrogen and oxygen atoms in total. The molecule has 2 aromatic carbocycles. The first-order valence-corrected chi connectivity index (χ1v) is 17.9. The number of thiazole rings is 2. The monoisotopic (exact) mass is 676 g/mol. The number of aryl methyl sites for hydroxylation is 3. The fourth-order valence-electron chi connectivity index (χ4n) is 5.18. The summed E-state index contributed by atoms with van der Waals surface area (Å²) in [5.41, 5.74) is 2.79. The van der Waals surface area contributed by atoms with Gasteiger partial charge in [-0.2, -0.15) is 0 Å². The molecule has 0 saturated heterocycles. The predicted molar refractivity (Wildman–Crippen MR) is 189 cm³/mol. The zero-order valence-electron chi connectivity index (χ0n) is 27.1. The summed E-state index contributed by atoms with van der Waals surface area (Å²) < 4.78 is 21.5. The van der Waals surface area contributed by atoms with Gasteiger partial charge in [0.25, 0.3) is 0 Å². The number of nitrogens with one attached hydrogen (secondary N) is 1. The number of hydrogen-bond donors (Lipinski definition) is 2. The Morgan fingerprint density at radius 1 is 0.957 bits per heavy atom. The smallest absolute Gasteiger partial charge is 0.355 e. The summed E-state index contributed by atoms with van der Waals surface area (Å²) in [6, 6.07) is 15.0. The van der Waals surface area contributed by atoms with Crippen molar-refractivity contribution in [1.29, 1.82) is 0 Å². The van der Waals surface area contributed by atoms with Crippen molar-refractivity contribution in [3.63, 3.8) is 0 Å². The molecule has 0 radical (unpaired) electrons. The van der Waals surface area contributed by atoms with Gasteiger partial charge in [0.1, 0.15) is 0 Å². The maximum absolute atomic E-state index is 14.6. The molecule has 0 unspecified atom stereocenters. The lowest BCUT2D eigenvalue weighted by Gasteiger charge is -2.21. The van der Waals surface area contributed by atoms with Crippen molar-refractivity contribution in [2.24, 2.45) is 0 Å². The zero-order chi connectivity index (χ0) is 33.2. The number of aromatic nitrogens is 4. The summed E-state index contributed by atoms with van der Waals surface area (Å²) in [6.45, 7) is 7.11. The number of rotatable bonds is 18. The highest BCUT2D eigenvalue weighted by atomic mass is 32.1. The highest BCUT2D eigenvalue weighted by Gasteiger charge is 2.23. The van der Waals surface area contributed by atoms with Crippen molar-refractivity contribution in [2.45, 2.75) is 78.6 Å². The third-order valence-corrected chi connectivity index (χ3v) is 9.83. The molecule has 5 aromatic rings. The molecule has 0 bridgehead atoms. The Bertz CT molecular complexity index is 1760. The van der Waals surface area contributed by atoms with Crippen molar-refractivity contribution in [1.82, 2.24) is 20.2 Å². The summed E-state index contributed by atoms with van der Waals surface area (Å²) >= 11 is 2.89. The molecule has 248 valence electrons. The summed E-state index contributed by atoms with van der Waals surface area (Å²) in [5.74, 6) is -0.0348. The zero-order valence-corrected chi connectivity index (χ0v) is 28.7. The fraction of sp³-hybridized carbons (Fsp3) is 0.400. The van der Waals surface area contributed by atoms with Gasteiger partial charge in [0.2, 0.25) is 0 Å². The van der Waals surface area contributed by atoms with Gasteiger partial charge in [0, 0.05) is 11.4 Å². The van der Waals surface area contributed by atoms with E-state index in [0.29, 0.717) is 41.0 Å². The van der Waals surface area contributed by atoms with E-state index >= 15 is 0 Å². The van der Waals surface area contributed by atoms with Crippen molar-refractivity contribution in [3.8, 4) is 5.75 Å². The number of carboxylic acid groups (broad SMARTS) is 1. The predicted octanol–water partition coefficient (Wildman–Crippen LogP) is 9.50. The number of nitrogens with zero attached hydrogens (tertiary/aromatic N) is 5. The Morgan fingerprint density at radius 3 is 2.51 bits per heavy atom. The number of para-hydroxylation sites is 1. The number of carbonyl (C=O) groups is 1. The van der Waals surface area contributed by atoms with E-state index in [9.17, 15) is 14.3 Å². The number of benzene rings is 2. The third kappa shape index (κ3) is 9.01. The van der Waals surface area contributed by atoms with Crippen LogP contribution in [0.5, 0.6) is 5.75 Å². The number of fused-ring (bicyclic) bond motifs is 1. The van der Waals surface area contributed by atoms with Crippen LogP contribution in [0.4, 0.5) is 26.3 Å². The molecule has 3 heterocycles. The lowest BCUT2D eigenvalue weighted by molar-refractivity contribution is 0.0690. The van der Waals surface area contributed by atoms with E-state index in [2.05, 4.69) is 39.3 Å². The number of aromatic carboxylic acids is 1. The third-order valence-electron chi connectivity index (χ3n) is 7.74. The van der Waals surface area contributed by atoms with Gasteiger partial charge in [0.15, 0.2) is 39.2 Å². The number of carboxylic acids is 1. The average Bonchev–Trinajstić information content (AvgIpc) is 3.67. The summed E-state index contributed by atoms with van der Waals surface area (Å²) in [6.07, 6.45) is 8.02. The second-order valence-electron chi connectivity index (χ2n) is 11.5. The minimum atomic E-state index is -1.08. The second-order valence-corrected chi connectivity index (χ2v) is 13.5. The van der Waals surface area contributed by atoms with Crippen molar-refractivity contribution >= 4 is 60.8 Å². The molecule has 0 spiro atoms. The maximum Gasteiger partial charge on any atom is 0.355 e. The lowest BCUT2D eigenvalue weighted by atomic mass is 10.1.